The monoisotopic (exact) mass is 526 g/mol. The van der Waals surface area contributed by atoms with E-state index in [1.807, 2.05) is 27.7 Å². The second kappa shape index (κ2) is 13.2. The highest BCUT2D eigenvalue weighted by molar-refractivity contribution is 5.92. The molecule has 2 rings (SSSR count). The van der Waals surface area contributed by atoms with E-state index in [1.54, 1.807) is 13.0 Å². The van der Waals surface area contributed by atoms with Gasteiger partial charge in [0.2, 0.25) is 12.2 Å². The smallest absolute Gasteiger partial charge is 0.335 e. The molecule has 0 saturated carbocycles. The van der Waals surface area contributed by atoms with Crippen LogP contribution in [0.15, 0.2) is 18.2 Å². The molecule has 12 heteroatoms. The molecule has 1 amide bonds. The average Bonchev–Trinajstić information content (AvgIpc) is 2.82. The van der Waals surface area contributed by atoms with Crippen LogP contribution >= 0.6 is 0 Å². The van der Waals surface area contributed by atoms with E-state index in [4.69, 9.17) is 14.2 Å². The summed E-state index contributed by atoms with van der Waals surface area (Å²) >= 11 is 0. The van der Waals surface area contributed by atoms with Crippen LogP contribution in [0.5, 0.6) is 5.75 Å². The molecular weight excluding hydrogens is 488 g/mol. The van der Waals surface area contributed by atoms with Gasteiger partial charge in [-0.15, -0.1) is 0 Å². The molecule has 12 nitrogen and oxygen atoms in total. The molecule has 0 spiro atoms. The van der Waals surface area contributed by atoms with Gasteiger partial charge in [0.15, 0.2) is 6.10 Å². The number of aliphatic carboxylic acids is 1. The molecule has 0 aromatic heterocycles. The van der Waals surface area contributed by atoms with E-state index in [9.17, 15) is 34.8 Å². The molecule has 6 atom stereocenters. The zero-order valence-electron chi connectivity index (χ0n) is 21.8. The minimum absolute atomic E-state index is 0.00547. The zero-order valence-corrected chi connectivity index (χ0v) is 21.8. The van der Waals surface area contributed by atoms with Crippen molar-refractivity contribution in [1.82, 2.24) is 5.32 Å². The Labute approximate surface area is 215 Å². The number of carbonyl (C=O) groups excluding carboxylic acids is 2. The maximum atomic E-state index is 12.6. The second-order valence-electron chi connectivity index (χ2n) is 10.1. The van der Waals surface area contributed by atoms with Gasteiger partial charge in [-0.1, -0.05) is 19.9 Å². The van der Waals surface area contributed by atoms with Crippen molar-refractivity contribution >= 4 is 23.5 Å². The Kier molecular flexibility index (Phi) is 10.8. The van der Waals surface area contributed by atoms with Crippen molar-refractivity contribution in [3.8, 4) is 5.75 Å². The van der Waals surface area contributed by atoms with Crippen LogP contribution in [0.2, 0.25) is 0 Å². The molecule has 1 aliphatic heterocycles. The fourth-order valence-electron chi connectivity index (χ4n) is 3.37. The number of esters is 1. The van der Waals surface area contributed by atoms with Gasteiger partial charge in [0.05, 0.1) is 11.6 Å². The highest BCUT2D eigenvalue weighted by Crippen LogP contribution is 2.31. The number of anilines is 1. The van der Waals surface area contributed by atoms with E-state index >= 15 is 0 Å². The predicted molar refractivity (Wildman–Crippen MR) is 132 cm³/mol. The molecule has 0 radical (unpaired) electrons. The summed E-state index contributed by atoms with van der Waals surface area (Å²) in [6.07, 6.45) is -8.25. The number of carboxylic acid groups (broad SMARTS) is 1. The first-order valence-corrected chi connectivity index (χ1v) is 12.2. The molecule has 6 N–H and O–H groups in total. The Hall–Kier alpha value is -2.77. The lowest BCUT2D eigenvalue weighted by Gasteiger charge is -2.38. The largest absolute Gasteiger partial charge is 0.479 e. The van der Waals surface area contributed by atoms with Gasteiger partial charge < -0.3 is 45.3 Å². The van der Waals surface area contributed by atoms with Gasteiger partial charge in [-0.2, -0.15) is 0 Å². The Bertz CT molecular complexity index is 948. The first kappa shape index (κ1) is 30.5. The Balaban J connectivity index is 2.24. The van der Waals surface area contributed by atoms with Crippen molar-refractivity contribution in [1.29, 1.82) is 0 Å². The summed E-state index contributed by atoms with van der Waals surface area (Å²) in [4.78, 5) is 36.1. The maximum Gasteiger partial charge on any atom is 0.335 e. The van der Waals surface area contributed by atoms with Crippen LogP contribution < -0.4 is 15.4 Å². The first-order chi connectivity index (χ1) is 17.2. The summed E-state index contributed by atoms with van der Waals surface area (Å²) in [6.45, 7) is 9.85. The standard InChI is InChI=1S/C25H38N2O10/c1-6-13(2)23(34)35-12-14-7-8-16(15(11-14)27-17(28)9-10-26-25(3,4)5)36-24-20(31)18(29)19(30)21(37-24)22(32)33/h7-8,11,13,18-21,24,26,29-31H,6,9-10,12H2,1-5H3,(H,27,28)(H,32,33)/t13?,18-,19-,20+,21-,24-/m0/s1. The summed E-state index contributed by atoms with van der Waals surface area (Å²) in [5.74, 6) is -2.55. The van der Waals surface area contributed by atoms with Crippen molar-refractivity contribution in [2.24, 2.45) is 5.92 Å². The minimum atomic E-state index is -1.87. The quantitative estimate of drug-likeness (QED) is 0.224. The molecule has 1 unspecified atom stereocenters. The highest BCUT2D eigenvalue weighted by atomic mass is 16.7. The number of amides is 1. The van der Waals surface area contributed by atoms with Crippen molar-refractivity contribution in [2.45, 2.75) is 90.3 Å². The van der Waals surface area contributed by atoms with Crippen molar-refractivity contribution in [2.75, 3.05) is 11.9 Å². The van der Waals surface area contributed by atoms with Crippen LogP contribution in [0, 0.1) is 5.92 Å². The van der Waals surface area contributed by atoms with Gasteiger partial charge in [0, 0.05) is 18.5 Å². The Morgan fingerprint density at radius 2 is 1.78 bits per heavy atom. The van der Waals surface area contributed by atoms with Crippen LogP contribution in [-0.2, 0) is 30.5 Å². The van der Waals surface area contributed by atoms with Crippen molar-refractivity contribution < 1.29 is 49.0 Å². The zero-order chi connectivity index (χ0) is 27.9. The van der Waals surface area contributed by atoms with Gasteiger partial charge >= 0.3 is 11.9 Å². The Morgan fingerprint density at radius 1 is 1.11 bits per heavy atom. The van der Waals surface area contributed by atoms with E-state index in [1.165, 1.54) is 12.1 Å². The van der Waals surface area contributed by atoms with Gasteiger partial charge in [-0.05, 0) is 44.9 Å². The van der Waals surface area contributed by atoms with Crippen LogP contribution in [0.3, 0.4) is 0 Å². The minimum Gasteiger partial charge on any atom is -0.479 e. The van der Waals surface area contributed by atoms with Crippen molar-refractivity contribution in [3.05, 3.63) is 23.8 Å². The molecular formula is C25H38N2O10. The predicted octanol–water partition coefficient (Wildman–Crippen LogP) is 0.764. The fourth-order valence-corrected chi connectivity index (χ4v) is 3.37. The molecule has 208 valence electrons. The third kappa shape index (κ3) is 8.93. The molecule has 0 aliphatic carbocycles. The fraction of sp³-hybridized carbons (Fsp3) is 0.640. The van der Waals surface area contributed by atoms with Crippen LogP contribution in [0.4, 0.5) is 5.69 Å². The molecule has 1 aromatic rings. The molecule has 1 fully saturated rings. The number of benzene rings is 1. The summed E-state index contributed by atoms with van der Waals surface area (Å²) < 4.78 is 16.2. The van der Waals surface area contributed by atoms with Crippen molar-refractivity contribution in [3.63, 3.8) is 0 Å². The lowest BCUT2D eigenvalue weighted by molar-refractivity contribution is -0.271. The van der Waals surface area contributed by atoms with E-state index in [0.717, 1.165) is 0 Å². The molecule has 1 aliphatic rings. The highest BCUT2D eigenvalue weighted by Gasteiger charge is 2.48. The number of aliphatic hydroxyl groups is 3. The molecule has 1 saturated heterocycles. The van der Waals surface area contributed by atoms with Crippen LogP contribution in [-0.4, -0.2) is 81.1 Å². The number of aliphatic hydroxyl groups excluding tert-OH is 3. The Morgan fingerprint density at radius 3 is 2.38 bits per heavy atom. The molecule has 37 heavy (non-hydrogen) atoms. The van der Waals surface area contributed by atoms with Gasteiger partial charge in [0.1, 0.15) is 30.7 Å². The first-order valence-electron chi connectivity index (χ1n) is 12.2. The molecule has 1 heterocycles. The normalized spacial score (nSPS) is 24.7. The topological polar surface area (TPSA) is 184 Å². The number of carbonyl (C=O) groups is 3. The lowest BCUT2D eigenvalue weighted by atomic mass is 9.99. The summed E-state index contributed by atoms with van der Waals surface area (Å²) in [6, 6.07) is 4.51. The van der Waals surface area contributed by atoms with Crippen LogP contribution in [0.1, 0.15) is 53.0 Å². The maximum absolute atomic E-state index is 12.6. The van der Waals surface area contributed by atoms with E-state index < -0.39 is 36.7 Å². The number of ether oxygens (including phenoxy) is 3. The summed E-state index contributed by atoms with van der Waals surface area (Å²) in [5, 5.41) is 45.4. The van der Waals surface area contributed by atoms with E-state index in [0.29, 0.717) is 18.5 Å². The third-order valence-electron chi connectivity index (χ3n) is 5.78. The summed E-state index contributed by atoms with van der Waals surface area (Å²) in [5.41, 5.74) is 0.506. The number of rotatable bonds is 11. The van der Waals surface area contributed by atoms with Gasteiger partial charge in [-0.3, -0.25) is 9.59 Å². The molecule has 1 aromatic carbocycles. The molecule has 0 bridgehead atoms. The van der Waals surface area contributed by atoms with E-state index in [2.05, 4.69) is 10.6 Å². The van der Waals surface area contributed by atoms with Gasteiger partial charge in [0.25, 0.3) is 0 Å². The second-order valence-corrected chi connectivity index (χ2v) is 10.1. The lowest BCUT2D eigenvalue weighted by Crippen LogP contribution is -2.61. The number of nitrogens with one attached hydrogen (secondary N) is 2. The number of carboxylic acids is 1. The number of hydrogen-bond donors (Lipinski definition) is 6. The average molecular weight is 527 g/mol. The number of hydrogen-bond acceptors (Lipinski definition) is 10. The third-order valence-corrected chi connectivity index (χ3v) is 5.78. The summed E-state index contributed by atoms with van der Waals surface area (Å²) in [7, 11) is 0. The van der Waals surface area contributed by atoms with E-state index in [-0.39, 0.29) is 47.8 Å². The van der Waals surface area contributed by atoms with Crippen LogP contribution in [0.25, 0.3) is 0 Å². The SMILES string of the molecule is CCC(C)C(=O)OCc1ccc(O[C@H]2O[C@H](C(=O)O)[C@@H](O)[C@H](O)[C@H]2O)c(NC(=O)CCNC(C)(C)C)c1. The van der Waals surface area contributed by atoms with Gasteiger partial charge in [-0.25, -0.2) is 4.79 Å².